The molecule has 158 valence electrons. The Morgan fingerprint density at radius 1 is 1.21 bits per heavy atom. The van der Waals surface area contributed by atoms with Gasteiger partial charge in [0.05, 0.1) is 18.2 Å². The summed E-state index contributed by atoms with van der Waals surface area (Å²) in [5.41, 5.74) is -0.452. The van der Waals surface area contributed by atoms with Gasteiger partial charge in [0.25, 0.3) is 12.9 Å². The molecule has 0 unspecified atom stereocenters. The minimum absolute atomic E-state index is 0.465. The quantitative estimate of drug-likeness (QED) is 0.672. The van der Waals surface area contributed by atoms with Gasteiger partial charge in [-0.2, -0.15) is 5.10 Å². The van der Waals surface area contributed by atoms with Gasteiger partial charge in [-0.05, 0) is 17.7 Å². The molecule has 6 nitrogen and oxygen atoms in total. The van der Waals surface area contributed by atoms with Crippen LogP contribution in [0.25, 0.3) is 0 Å². The fourth-order valence-electron chi connectivity index (χ4n) is 3.04. The van der Waals surface area contributed by atoms with E-state index in [0.29, 0.717) is 30.1 Å². The maximum absolute atomic E-state index is 13.2. The van der Waals surface area contributed by atoms with Crippen LogP contribution in [-0.2, 0) is 22.6 Å². The second-order valence-corrected chi connectivity index (χ2v) is 6.86. The van der Waals surface area contributed by atoms with Crippen molar-refractivity contribution in [2.24, 2.45) is 0 Å². The second kappa shape index (κ2) is 9.55. The molecule has 11 heteroatoms. The number of carbonyl (C=O) groups is 1. The van der Waals surface area contributed by atoms with Crippen molar-refractivity contribution in [3.8, 4) is 0 Å². The molecule has 2 aromatic rings. The van der Waals surface area contributed by atoms with Crippen molar-refractivity contribution in [3.63, 3.8) is 0 Å². The van der Waals surface area contributed by atoms with Crippen LogP contribution in [0.1, 0.15) is 29.8 Å². The minimum Gasteiger partial charge on any atom is -0.379 e. The molecule has 1 N–H and O–H groups in total. The van der Waals surface area contributed by atoms with E-state index in [1.54, 1.807) is 18.2 Å². The third kappa shape index (κ3) is 5.46. The predicted octanol–water partition coefficient (Wildman–Crippen LogP) is 3.88. The number of halogens is 5. The van der Waals surface area contributed by atoms with Gasteiger partial charge < -0.3 is 10.1 Å². The Morgan fingerprint density at radius 3 is 2.59 bits per heavy atom. The number of nitrogens with zero attached hydrogens (tertiary/aromatic N) is 3. The zero-order valence-electron chi connectivity index (χ0n) is 15.3. The number of anilines is 1. The molecule has 0 spiro atoms. The normalized spacial score (nSPS) is 15.3. The molecule has 0 atom stereocenters. The molecule has 1 aromatic carbocycles. The molecule has 0 saturated carbocycles. The Hall–Kier alpha value is -2.17. The average Bonchev–Trinajstić information content (AvgIpc) is 2.99. The number of aromatic nitrogens is 2. The Morgan fingerprint density at radius 2 is 1.93 bits per heavy atom. The third-order valence-corrected chi connectivity index (χ3v) is 4.77. The average molecular weight is 435 g/mol. The van der Waals surface area contributed by atoms with Crippen LogP contribution in [-0.4, -0.2) is 46.9 Å². The largest absolute Gasteiger partial charge is 0.379 e. The van der Waals surface area contributed by atoms with Crippen LogP contribution in [0.15, 0.2) is 24.3 Å². The number of ether oxygens (including phenoxy) is 1. The van der Waals surface area contributed by atoms with Crippen molar-refractivity contribution in [3.05, 3.63) is 46.2 Å². The molecule has 3 rings (SSSR count). The predicted molar refractivity (Wildman–Crippen MR) is 98.3 cm³/mol. The maximum atomic E-state index is 13.2. The van der Waals surface area contributed by atoms with Gasteiger partial charge >= 0.3 is 0 Å². The van der Waals surface area contributed by atoms with Gasteiger partial charge in [-0.15, -0.1) is 0 Å². The first-order valence-electron chi connectivity index (χ1n) is 8.86. The first-order chi connectivity index (χ1) is 13.8. The fourth-order valence-corrected chi connectivity index (χ4v) is 3.34. The molecule has 1 aromatic heterocycles. The van der Waals surface area contributed by atoms with Crippen LogP contribution in [0.2, 0.25) is 5.02 Å². The number of carbonyl (C=O) groups excluding carboxylic acids is 1. The minimum atomic E-state index is -3.15. The molecule has 1 fully saturated rings. The van der Waals surface area contributed by atoms with E-state index >= 15 is 0 Å². The topological polar surface area (TPSA) is 59.4 Å². The molecule has 0 aliphatic carbocycles. The van der Waals surface area contributed by atoms with E-state index in [-0.39, 0.29) is 0 Å². The van der Waals surface area contributed by atoms with E-state index in [4.69, 9.17) is 16.3 Å². The first-order valence-corrected chi connectivity index (χ1v) is 9.24. The van der Waals surface area contributed by atoms with E-state index < -0.39 is 41.7 Å². The van der Waals surface area contributed by atoms with Gasteiger partial charge in [0, 0.05) is 25.3 Å². The second-order valence-electron chi connectivity index (χ2n) is 6.48. The van der Waals surface area contributed by atoms with Gasteiger partial charge in [-0.25, -0.2) is 17.6 Å². The first kappa shape index (κ1) is 21.5. The highest BCUT2D eigenvalue weighted by Crippen LogP contribution is 2.34. The summed E-state index contributed by atoms with van der Waals surface area (Å²) in [6.07, 6.45) is -6.27. The van der Waals surface area contributed by atoms with Crippen molar-refractivity contribution in [1.82, 2.24) is 14.7 Å². The number of hydrogen-bond acceptors (Lipinski definition) is 4. The smallest absolute Gasteiger partial charge is 0.283 e. The maximum Gasteiger partial charge on any atom is 0.283 e. The summed E-state index contributed by atoms with van der Waals surface area (Å²) in [5.74, 6) is -0.685. The van der Waals surface area contributed by atoms with Gasteiger partial charge in [-0.1, -0.05) is 23.7 Å². The van der Waals surface area contributed by atoms with Crippen LogP contribution < -0.4 is 5.32 Å². The van der Waals surface area contributed by atoms with Crippen LogP contribution in [0.5, 0.6) is 0 Å². The highest BCUT2D eigenvalue weighted by Gasteiger charge is 2.28. The summed E-state index contributed by atoms with van der Waals surface area (Å²) in [5, 5.41) is 5.13. The fraction of sp³-hybridized carbons (Fsp3) is 0.444. The molecule has 1 aliphatic heterocycles. The van der Waals surface area contributed by atoms with Gasteiger partial charge in [0.2, 0.25) is 5.91 Å². The highest BCUT2D eigenvalue weighted by molar-refractivity contribution is 6.32. The Bertz CT molecular complexity index is 856. The van der Waals surface area contributed by atoms with E-state index in [2.05, 4.69) is 15.3 Å². The summed E-state index contributed by atoms with van der Waals surface area (Å²) >= 11 is 5.59. The van der Waals surface area contributed by atoms with Gasteiger partial charge in [0.1, 0.15) is 17.9 Å². The van der Waals surface area contributed by atoms with Gasteiger partial charge in [0.15, 0.2) is 0 Å². The van der Waals surface area contributed by atoms with Crippen molar-refractivity contribution in [2.75, 3.05) is 31.6 Å². The van der Waals surface area contributed by atoms with Crippen LogP contribution in [0, 0.1) is 0 Å². The van der Waals surface area contributed by atoms with Crippen molar-refractivity contribution < 1.29 is 27.1 Å². The Labute approximate surface area is 169 Å². The van der Waals surface area contributed by atoms with Crippen LogP contribution in [0.3, 0.4) is 0 Å². The highest BCUT2D eigenvalue weighted by atomic mass is 35.5. The van der Waals surface area contributed by atoms with E-state index in [9.17, 15) is 22.4 Å². The zero-order chi connectivity index (χ0) is 21.0. The number of rotatable bonds is 7. The molecule has 0 bridgehead atoms. The number of benzene rings is 1. The Balaban J connectivity index is 1.68. The zero-order valence-corrected chi connectivity index (χ0v) is 16.0. The molecule has 29 heavy (non-hydrogen) atoms. The lowest BCUT2D eigenvalue weighted by Gasteiger charge is -2.26. The number of amides is 1. The van der Waals surface area contributed by atoms with Gasteiger partial charge in [-0.3, -0.25) is 14.4 Å². The SMILES string of the molecule is O=C(Cn1nc(C(F)F)c(Cl)c1C(F)F)Nc1cccc(CN2CCOCC2)c1. The summed E-state index contributed by atoms with van der Waals surface area (Å²) < 4.78 is 58.0. The summed E-state index contributed by atoms with van der Waals surface area (Å²) in [7, 11) is 0. The third-order valence-electron chi connectivity index (χ3n) is 4.38. The number of alkyl halides is 4. The van der Waals surface area contributed by atoms with E-state index in [1.807, 2.05) is 6.07 Å². The van der Waals surface area contributed by atoms with E-state index in [0.717, 1.165) is 18.7 Å². The van der Waals surface area contributed by atoms with Crippen molar-refractivity contribution in [2.45, 2.75) is 25.9 Å². The summed E-state index contributed by atoms with van der Waals surface area (Å²) in [4.78, 5) is 14.5. The lowest BCUT2D eigenvalue weighted by molar-refractivity contribution is -0.117. The molecular weight excluding hydrogens is 416 g/mol. The molecule has 1 saturated heterocycles. The lowest BCUT2D eigenvalue weighted by Crippen LogP contribution is -2.35. The molecule has 1 aliphatic rings. The summed E-state index contributed by atoms with van der Waals surface area (Å²) in [6, 6.07) is 7.08. The molecule has 1 amide bonds. The lowest BCUT2D eigenvalue weighted by atomic mass is 10.2. The molecule has 0 radical (unpaired) electrons. The van der Waals surface area contributed by atoms with Crippen LogP contribution >= 0.6 is 11.6 Å². The number of hydrogen-bond donors (Lipinski definition) is 1. The summed E-state index contributed by atoms with van der Waals surface area (Å²) in [6.45, 7) is 2.94. The molecule has 2 heterocycles. The molecular formula is C18H19ClF4N4O2. The number of nitrogens with one attached hydrogen (secondary N) is 1. The van der Waals surface area contributed by atoms with Crippen molar-refractivity contribution >= 4 is 23.2 Å². The standard InChI is InChI=1S/C18H19ClF4N4O2/c19-14-15(17(20)21)25-27(16(14)18(22)23)10-13(28)24-12-3-1-2-11(8-12)9-26-4-6-29-7-5-26/h1-3,8,17-18H,4-7,9-10H2,(H,24,28). The Kier molecular flexibility index (Phi) is 7.09. The van der Waals surface area contributed by atoms with Crippen molar-refractivity contribution in [1.29, 1.82) is 0 Å². The van der Waals surface area contributed by atoms with Crippen LogP contribution in [0.4, 0.5) is 23.2 Å². The van der Waals surface area contributed by atoms with E-state index in [1.165, 1.54) is 0 Å². The monoisotopic (exact) mass is 434 g/mol. The number of morpholine rings is 1.